The largest absolute Gasteiger partial charge is 0.278 e. The van der Waals surface area contributed by atoms with Gasteiger partial charge in [-0.3, -0.25) is 14.3 Å². The van der Waals surface area contributed by atoms with E-state index in [4.69, 9.17) is 27.3 Å². The number of halogens is 3. The fraction of sp³-hybridized carbons (Fsp3) is 0.280. The van der Waals surface area contributed by atoms with Gasteiger partial charge < -0.3 is 0 Å². The average Bonchev–Trinajstić information content (AvgIpc) is 3.47. The summed E-state index contributed by atoms with van der Waals surface area (Å²) in [5, 5.41) is 7.81. The number of hydrogen-bond acceptors (Lipinski definition) is 6. The predicted molar refractivity (Wildman–Crippen MR) is 139 cm³/mol. The summed E-state index contributed by atoms with van der Waals surface area (Å²) in [5.74, 6) is -1.30. The van der Waals surface area contributed by atoms with Crippen LogP contribution in [0.25, 0.3) is 16.9 Å². The highest BCUT2D eigenvalue weighted by molar-refractivity contribution is 7.90. The second kappa shape index (κ2) is 9.04. The molecule has 37 heavy (non-hydrogen) atoms. The van der Waals surface area contributed by atoms with Crippen LogP contribution in [-0.2, 0) is 16.8 Å². The van der Waals surface area contributed by atoms with Crippen LogP contribution in [0.1, 0.15) is 44.9 Å². The number of pyridine rings is 2. The van der Waals surface area contributed by atoms with Crippen molar-refractivity contribution in [3.05, 3.63) is 85.4 Å². The maximum Gasteiger partial charge on any atom is 0.274 e. The van der Waals surface area contributed by atoms with E-state index in [0.29, 0.717) is 33.7 Å². The highest BCUT2D eigenvalue weighted by Gasteiger charge is 2.43. The number of hydrogen-bond donors (Lipinski definition) is 0. The summed E-state index contributed by atoms with van der Waals surface area (Å²) in [7, 11) is -3.86. The number of benzene rings is 1. The van der Waals surface area contributed by atoms with Crippen LogP contribution in [0.5, 0.6) is 0 Å². The predicted octanol–water partition coefficient (Wildman–Crippen LogP) is 4.77. The van der Waals surface area contributed by atoms with Gasteiger partial charge in [-0.2, -0.15) is 15.0 Å². The molecule has 1 aromatic carbocycles. The maximum absolute atomic E-state index is 15.3. The Kier molecular flexibility index (Phi) is 5.36. The molecule has 3 heterocycles. The Morgan fingerprint density at radius 2 is 1.92 bits per heavy atom. The summed E-state index contributed by atoms with van der Waals surface area (Å²) >= 11 is 13.3. The zero-order valence-corrected chi connectivity index (χ0v) is 22.2. The van der Waals surface area contributed by atoms with E-state index in [1.807, 2.05) is 0 Å². The Balaban J connectivity index is 1.58. The van der Waals surface area contributed by atoms with Crippen LogP contribution in [0.2, 0.25) is 10.0 Å². The van der Waals surface area contributed by atoms with Crippen LogP contribution in [0, 0.1) is 19.7 Å². The molecule has 0 unspecified atom stereocenters. The Labute approximate surface area is 226 Å². The zero-order chi connectivity index (χ0) is 29.3. The molecule has 0 amide bonds. The summed E-state index contributed by atoms with van der Waals surface area (Å²) < 4.78 is 63.1. The lowest BCUT2D eigenvalue weighted by Gasteiger charge is -2.19. The molecule has 0 N–H and O–H groups in total. The minimum absolute atomic E-state index is 0.0311. The Hall–Kier alpha value is -3.08. The van der Waals surface area contributed by atoms with Gasteiger partial charge in [0.2, 0.25) is 0 Å². The Morgan fingerprint density at radius 1 is 1.16 bits per heavy atom. The van der Waals surface area contributed by atoms with Crippen molar-refractivity contribution in [2.75, 3.05) is 6.26 Å². The van der Waals surface area contributed by atoms with Crippen molar-refractivity contribution in [3.8, 4) is 16.9 Å². The topological polar surface area (TPSA) is 99.7 Å². The van der Waals surface area contributed by atoms with Crippen LogP contribution in [-0.4, -0.2) is 39.2 Å². The maximum atomic E-state index is 15.3. The number of aryl methyl sites for hydroxylation is 3. The number of sulfone groups is 1. The van der Waals surface area contributed by atoms with Crippen molar-refractivity contribution in [3.63, 3.8) is 0 Å². The van der Waals surface area contributed by atoms with E-state index < -0.39 is 33.1 Å². The van der Waals surface area contributed by atoms with Gasteiger partial charge in [0.25, 0.3) is 5.56 Å². The fourth-order valence-corrected chi connectivity index (χ4v) is 6.02. The molecule has 3 aromatic heterocycles. The fourth-order valence-electron chi connectivity index (χ4n) is 4.60. The van der Waals surface area contributed by atoms with E-state index in [2.05, 4.69) is 15.2 Å². The quantitative estimate of drug-likeness (QED) is 0.346. The molecule has 0 aliphatic heterocycles. The van der Waals surface area contributed by atoms with Gasteiger partial charge in [0.1, 0.15) is 9.92 Å². The van der Waals surface area contributed by atoms with E-state index >= 15 is 4.39 Å². The highest BCUT2D eigenvalue weighted by atomic mass is 35.5. The zero-order valence-electron chi connectivity index (χ0n) is 22.8. The molecule has 1 aliphatic rings. The van der Waals surface area contributed by atoms with Gasteiger partial charge in [-0.1, -0.05) is 29.3 Å². The minimum atomic E-state index is -3.86. The van der Waals surface area contributed by atoms with Gasteiger partial charge in [0, 0.05) is 40.7 Å². The molecule has 5 rings (SSSR count). The smallest absolute Gasteiger partial charge is 0.274 e. The molecule has 1 aliphatic carbocycles. The molecule has 12 heteroatoms. The third-order valence-electron chi connectivity index (χ3n) is 6.46. The Bertz CT molecular complexity index is 1860. The summed E-state index contributed by atoms with van der Waals surface area (Å²) in [6, 6.07) is 5.65. The standard InChI is InChI=1S/C25H22Cl2FN5O3S/c1-12-10-29-23(14-6-5-7-19(22(14)28)37(4,35)36)21(27)24(12)33-13(2)8-17(20(26)25(33)34)15-9-16(15)18-11-30-32(3)31-18/h5-8,10-11,15-16H,9H2,1-4H3/t15-,16-/m0/s1/i3D3. The lowest BCUT2D eigenvalue weighted by Crippen LogP contribution is -2.24. The van der Waals surface area contributed by atoms with Crippen molar-refractivity contribution < 1.29 is 16.9 Å². The first kappa shape index (κ1) is 22.0. The molecule has 192 valence electrons. The number of nitrogens with zero attached hydrogens (tertiary/aromatic N) is 5. The van der Waals surface area contributed by atoms with E-state index in [1.54, 1.807) is 19.9 Å². The number of rotatable bonds is 5. The van der Waals surface area contributed by atoms with Crippen molar-refractivity contribution in [1.82, 2.24) is 24.5 Å². The monoisotopic (exact) mass is 564 g/mol. The molecule has 4 aromatic rings. The highest BCUT2D eigenvalue weighted by Crippen LogP contribution is 2.55. The summed E-state index contributed by atoms with van der Waals surface area (Å²) in [6.45, 7) is 0.886. The molecule has 1 fully saturated rings. The first-order chi connectivity index (χ1) is 18.6. The minimum Gasteiger partial charge on any atom is -0.278 e. The molecular formula is C25H22Cl2FN5O3S. The number of aromatic nitrogens is 5. The molecule has 0 saturated heterocycles. The van der Waals surface area contributed by atoms with Gasteiger partial charge in [-0.15, -0.1) is 0 Å². The van der Waals surface area contributed by atoms with Gasteiger partial charge in [0.15, 0.2) is 15.7 Å². The lowest BCUT2D eigenvalue weighted by molar-refractivity contribution is 0.572. The molecule has 8 nitrogen and oxygen atoms in total. The van der Waals surface area contributed by atoms with Crippen LogP contribution >= 0.6 is 23.2 Å². The van der Waals surface area contributed by atoms with Crippen LogP contribution in [0.3, 0.4) is 0 Å². The van der Waals surface area contributed by atoms with Crippen LogP contribution in [0.15, 0.2) is 46.3 Å². The molecular weight excluding hydrogens is 540 g/mol. The van der Waals surface area contributed by atoms with Gasteiger partial charge in [-0.25, -0.2) is 12.8 Å². The third kappa shape index (κ3) is 4.36. The lowest BCUT2D eigenvalue weighted by atomic mass is 10.1. The van der Waals surface area contributed by atoms with Crippen molar-refractivity contribution in [2.45, 2.75) is 37.0 Å². The van der Waals surface area contributed by atoms with Gasteiger partial charge in [0.05, 0.1) is 28.3 Å². The summed E-state index contributed by atoms with van der Waals surface area (Å²) in [5.41, 5.74) is 1.60. The normalized spacial score (nSPS) is 18.8. The first-order valence-corrected chi connectivity index (χ1v) is 13.7. The van der Waals surface area contributed by atoms with Crippen LogP contribution in [0.4, 0.5) is 4.39 Å². The third-order valence-corrected chi connectivity index (χ3v) is 8.31. The van der Waals surface area contributed by atoms with E-state index in [0.717, 1.165) is 12.3 Å². The van der Waals surface area contributed by atoms with Crippen molar-refractivity contribution in [1.29, 1.82) is 0 Å². The Morgan fingerprint density at radius 3 is 2.59 bits per heavy atom. The molecule has 0 spiro atoms. The van der Waals surface area contributed by atoms with E-state index in [9.17, 15) is 13.2 Å². The van der Waals surface area contributed by atoms with E-state index in [-0.39, 0.29) is 38.8 Å². The molecule has 2 atom stereocenters. The van der Waals surface area contributed by atoms with Gasteiger partial charge >= 0.3 is 0 Å². The molecule has 1 saturated carbocycles. The van der Waals surface area contributed by atoms with E-state index in [1.165, 1.54) is 29.1 Å². The second-order valence-corrected chi connectivity index (χ2v) is 11.8. The van der Waals surface area contributed by atoms with Gasteiger partial charge in [-0.05, 0) is 55.5 Å². The first-order valence-electron chi connectivity index (χ1n) is 12.6. The van der Waals surface area contributed by atoms with Crippen molar-refractivity contribution in [2.24, 2.45) is 6.98 Å². The van der Waals surface area contributed by atoms with Crippen molar-refractivity contribution >= 4 is 33.0 Å². The molecule has 0 radical (unpaired) electrons. The summed E-state index contributed by atoms with van der Waals surface area (Å²) in [4.78, 5) is 18.1. The van der Waals surface area contributed by atoms with Crippen LogP contribution < -0.4 is 5.56 Å². The average molecular weight is 565 g/mol. The second-order valence-electron chi connectivity index (χ2n) is 9.05. The summed E-state index contributed by atoms with van der Waals surface area (Å²) in [6.07, 6.45) is 4.33. The molecule has 0 bridgehead atoms. The SMILES string of the molecule is [2H]C([2H])([2H])n1ncc([C@H]2C[C@@H]2c2cc(C)n(-c3c(C)cnc(-c4cccc(S(C)(=O)=O)c4F)c3Cl)c(=O)c2Cl)n1.